The summed E-state index contributed by atoms with van der Waals surface area (Å²) in [5, 5.41) is 10.6. The standard InChI is InChI=1S/C15H21NO/c1-16-12-7-9-13(14(16)10-8-12)15(17)11-5-3-2-4-6-11/h2-6,12-15,17H,7-10H2,1H3/t12-,13+,14-,15+/m1/s1. The van der Waals surface area contributed by atoms with Crippen molar-refractivity contribution >= 4 is 0 Å². The number of piperidine rings is 1. The number of benzene rings is 1. The van der Waals surface area contributed by atoms with Gasteiger partial charge in [0.25, 0.3) is 0 Å². The van der Waals surface area contributed by atoms with E-state index < -0.39 is 0 Å². The van der Waals surface area contributed by atoms with Crippen molar-refractivity contribution in [2.45, 2.75) is 43.9 Å². The SMILES string of the molecule is CN1[C@@H]2CC[C@H]([C@@H](O)c3ccccc3)[C@H]1CC2. The molecule has 0 saturated carbocycles. The summed E-state index contributed by atoms with van der Waals surface area (Å²) in [6.07, 6.45) is 4.72. The van der Waals surface area contributed by atoms with Crippen LogP contribution in [0.4, 0.5) is 0 Å². The van der Waals surface area contributed by atoms with Gasteiger partial charge in [0.2, 0.25) is 0 Å². The van der Waals surface area contributed by atoms with Gasteiger partial charge in [-0.1, -0.05) is 30.3 Å². The molecule has 92 valence electrons. The monoisotopic (exact) mass is 231 g/mol. The summed E-state index contributed by atoms with van der Waals surface area (Å²) in [5.74, 6) is 0.418. The summed E-state index contributed by atoms with van der Waals surface area (Å²) < 4.78 is 0. The average Bonchev–Trinajstić information content (AvgIpc) is 2.62. The minimum absolute atomic E-state index is 0.289. The molecule has 4 atom stereocenters. The fraction of sp³-hybridized carbons (Fsp3) is 0.600. The third-order valence-corrected chi connectivity index (χ3v) is 4.77. The maximum absolute atomic E-state index is 10.6. The van der Waals surface area contributed by atoms with Gasteiger partial charge in [0.1, 0.15) is 0 Å². The Hall–Kier alpha value is -0.860. The predicted molar refractivity (Wildman–Crippen MR) is 68.7 cm³/mol. The van der Waals surface area contributed by atoms with Gasteiger partial charge in [0, 0.05) is 18.0 Å². The van der Waals surface area contributed by atoms with Gasteiger partial charge in [-0.3, -0.25) is 0 Å². The maximum atomic E-state index is 10.6. The van der Waals surface area contributed by atoms with Crippen LogP contribution in [0.5, 0.6) is 0 Å². The van der Waals surface area contributed by atoms with Gasteiger partial charge < -0.3 is 10.0 Å². The van der Waals surface area contributed by atoms with Crippen LogP contribution in [0.25, 0.3) is 0 Å². The zero-order chi connectivity index (χ0) is 11.8. The molecule has 0 aliphatic carbocycles. The lowest BCUT2D eigenvalue weighted by atomic mass is 9.83. The van der Waals surface area contributed by atoms with Gasteiger partial charge in [-0.05, 0) is 38.3 Å². The average molecular weight is 231 g/mol. The molecule has 0 amide bonds. The molecule has 2 fully saturated rings. The van der Waals surface area contributed by atoms with Crippen LogP contribution in [0.3, 0.4) is 0 Å². The number of hydrogen-bond acceptors (Lipinski definition) is 2. The van der Waals surface area contributed by atoms with Crippen molar-refractivity contribution in [1.29, 1.82) is 0 Å². The molecule has 2 aliphatic rings. The van der Waals surface area contributed by atoms with Crippen molar-refractivity contribution in [2.75, 3.05) is 7.05 Å². The third kappa shape index (κ3) is 1.90. The van der Waals surface area contributed by atoms with Crippen molar-refractivity contribution < 1.29 is 5.11 Å². The smallest absolute Gasteiger partial charge is 0.0833 e. The maximum Gasteiger partial charge on any atom is 0.0833 e. The normalized spacial score (nSPS) is 34.8. The Morgan fingerprint density at radius 2 is 1.82 bits per heavy atom. The Kier molecular flexibility index (Phi) is 2.93. The molecule has 2 heterocycles. The molecular weight excluding hydrogens is 210 g/mol. The minimum Gasteiger partial charge on any atom is -0.388 e. The number of rotatable bonds is 2. The van der Waals surface area contributed by atoms with Crippen LogP contribution >= 0.6 is 0 Å². The van der Waals surface area contributed by atoms with E-state index in [0.717, 1.165) is 11.6 Å². The quantitative estimate of drug-likeness (QED) is 0.845. The van der Waals surface area contributed by atoms with E-state index in [1.54, 1.807) is 0 Å². The number of aliphatic hydroxyl groups excluding tert-OH is 1. The first-order valence-corrected chi connectivity index (χ1v) is 6.72. The van der Waals surface area contributed by atoms with E-state index in [1.165, 1.54) is 25.7 Å². The summed E-state index contributed by atoms with van der Waals surface area (Å²) in [4.78, 5) is 2.50. The molecule has 0 aromatic heterocycles. The van der Waals surface area contributed by atoms with E-state index in [0.29, 0.717) is 12.0 Å². The highest BCUT2D eigenvalue weighted by atomic mass is 16.3. The van der Waals surface area contributed by atoms with Gasteiger partial charge in [0.15, 0.2) is 0 Å². The number of nitrogens with zero attached hydrogens (tertiary/aromatic N) is 1. The highest BCUT2D eigenvalue weighted by Gasteiger charge is 2.42. The molecule has 3 rings (SSSR count). The fourth-order valence-electron chi connectivity index (χ4n) is 3.75. The number of fused-ring (bicyclic) bond motifs is 2. The Morgan fingerprint density at radius 1 is 1.12 bits per heavy atom. The van der Waals surface area contributed by atoms with Crippen LogP contribution in [0, 0.1) is 5.92 Å². The first-order valence-electron chi connectivity index (χ1n) is 6.72. The zero-order valence-corrected chi connectivity index (χ0v) is 10.4. The Balaban J connectivity index is 1.80. The van der Waals surface area contributed by atoms with Crippen LogP contribution in [0.2, 0.25) is 0 Å². The summed E-state index contributed by atoms with van der Waals surface area (Å²) in [5.41, 5.74) is 1.08. The van der Waals surface area contributed by atoms with Crippen LogP contribution in [0.15, 0.2) is 30.3 Å². The van der Waals surface area contributed by atoms with Gasteiger partial charge >= 0.3 is 0 Å². The third-order valence-electron chi connectivity index (χ3n) is 4.77. The lowest BCUT2D eigenvalue weighted by Gasteiger charge is -2.39. The first kappa shape index (κ1) is 11.2. The summed E-state index contributed by atoms with van der Waals surface area (Å²) in [6, 6.07) is 11.5. The molecule has 1 aromatic rings. The van der Waals surface area contributed by atoms with Gasteiger partial charge in [0.05, 0.1) is 6.10 Å². The van der Waals surface area contributed by atoms with Crippen LogP contribution in [0.1, 0.15) is 37.4 Å². The molecule has 2 bridgehead atoms. The Bertz CT molecular complexity index is 378. The molecule has 17 heavy (non-hydrogen) atoms. The topological polar surface area (TPSA) is 23.5 Å². The fourth-order valence-corrected chi connectivity index (χ4v) is 3.75. The summed E-state index contributed by atoms with van der Waals surface area (Å²) >= 11 is 0. The highest BCUT2D eigenvalue weighted by Crippen LogP contribution is 2.43. The second kappa shape index (κ2) is 4.43. The molecule has 2 nitrogen and oxygen atoms in total. The van der Waals surface area contributed by atoms with E-state index in [9.17, 15) is 5.11 Å². The van der Waals surface area contributed by atoms with E-state index in [4.69, 9.17) is 0 Å². The van der Waals surface area contributed by atoms with Crippen LogP contribution in [-0.4, -0.2) is 29.1 Å². The predicted octanol–water partition coefficient (Wildman–Crippen LogP) is 2.59. The zero-order valence-electron chi connectivity index (χ0n) is 10.4. The number of aliphatic hydroxyl groups is 1. The molecular formula is C15H21NO. The lowest BCUT2D eigenvalue weighted by Crippen LogP contribution is -2.44. The van der Waals surface area contributed by atoms with Crippen LogP contribution < -0.4 is 0 Å². The lowest BCUT2D eigenvalue weighted by molar-refractivity contribution is 0.0183. The van der Waals surface area contributed by atoms with Gasteiger partial charge in [-0.25, -0.2) is 0 Å². The van der Waals surface area contributed by atoms with E-state index in [-0.39, 0.29) is 6.10 Å². The van der Waals surface area contributed by atoms with E-state index >= 15 is 0 Å². The minimum atomic E-state index is -0.289. The van der Waals surface area contributed by atoms with Crippen molar-refractivity contribution in [1.82, 2.24) is 4.90 Å². The van der Waals surface area contributed by atoms with Crippen molar-refractivity contribution in [3.05, 3.63) is 35.9 Å². The second-order valence-corrected chi connectivity index (χ2v) is 5.56. The van der Waals surface area contributed by atoms with E-state index in [1.807, 2.05) is 30.3 Å². The van der Waals surface area contributed by atoms with Gasteiger partial charge in [-0.2, -0.15) is 0 Å². The largest absolute Gasteiger partial charge is 0.388 e. The molecule has 2 aliphatic heterocycles. The number of hydrogen-bond donors (Lipinski definition) is 1. The first-order chi connectivity index (χ1) is 8.27. The molecule has 2 saturated heterocycles. The Labute approximate surface area is 103 Å². The summed E-state index contributed by atoms with van der Waals surface area (Å²) in [7, 11) is 2.23. The molecule has 0 spiro atoms. The second-order valence-electron chi connectivity index (χ2n) is 5.56. The van der Waals surface area contributed by atoms with Crippen LogP contribution in [-0.2, 0) is 0 Å². The molecule has 0 radical (unpaired) electrons. The van der Waals surface area contributed by atoms with Gasteiger partial charge in [-0.15, -0.1) is 0 Å². The summed E-state index contributed by atoms with van der Waals surface area (Å²) in [6.45, 7) is 0. The molecule has 1 aromatic carbocycles. The molecule has 0 unspecified atom stereocenters. The van der Waals surface area contributed by atoms with E-state index in [2.05, 4.69) is 11.9 Å². The van der Waals surface area contributed by atoms with Crippen molar-refractivity contribution in [3.63, 3.8) is 0 Å². The van der Waals surface area contributed by atoms with Crippen molar-refractivity contribution in [3.8, 4) is 0 Å². The molecule has 1 N–H and O–H groups in total. The van der Waals surface area contributed by atoms with Crippen molar-refractivity contribution in [2.24, 2.45) is 5.92 Å². The Morgan fingerprint density at radius 3 is 2.59 bits per heavy atom. The highest BCUT2D eigenvalue weighted by molar-refractivity contribution is 5.19. The molecule has 2 heteroatoms.